The van der Waals surface area contributed by atoms with Crippen molar-refractivity contribution in [2.75, 3.05) is 15.7 Å². The van der Waals surface area contributed by atoms with Crippen molar-refractivity contribution in [2.45, 2.75) is 32.6 Å². The van der Waals surface area contributed by atoms with Crippen LogP contribution in [0, 0.1) is 27.7 Å². The van der Waals surface area contributed by atoms with Gasteiger partial charge in [-0.25, -0.2) is 16.8 Å². The topological polar surface area (TPSA) is 92.3 Å². The minimum atomic E-state index is -3.95. The zero-order valence-corrected chi connectivity index (χ0v) is 17.5. The minimum Gasteiger partial charge on any atom is -0.283 e. The molecule has 0 bridgehead atoms. The average Bonchev–Trinajstić information content (AvgIpc) is 2.46. The molecule has 2 aromatic carbocycles. The van der Waals surface area contributed by atoms with Crippen LogP contribution in [-0.2, 0) is 20.0 Å². The predicted molar refractivity (Wildman–Crippen MR) is 106 cm³/mol. The summed E-state index contributed by atoms with van der Waals surface area (Å²) in [6, 6.07) is 6.58. The largest absolute Gasteiger partial charge is 0.283 e. The number of hydrogen-bond donors (Lipinski definition) is 2. The Morgan fingerprint density at radius 3 is 2.08 bits per heavy atom. The maximum absolute atomic E-state index is 13.0. The van der Waals surface area contributed by atoms with Gasteiger partial charge < -0.3 is 0 Å². The number of nitrogens with one attached hydrogen (secondary N) is 2. The Morgan fingerprint density at radius 2 is 1.50 bits per heavy atom. The highest BCUT2D eigenvalue weighted by Crippen LogP contribution is 2.33. The highest BCUT2D eigenvalue weighted by atomic mass is 35.5. The molecule has 0 heterocycles. The van der Waals surface area contributed by atoms with Crippen LogP contribution in [-0.4, -0.2) is 23.1 Å². The van der Waals surface area contributed by atoms with Crippen molar-refractivity contribution in [3.8, 4) is 0 Å². The first-order valence-corrected chi connectivity index (χ1v) is 11.5. The van der Waals surface area contributed by atoms with E-state index in [1.807, 2.05) is 0 Å². The number of anilines is 2. The van der Waals surface area contributed by atoms with Gasteiger partial charge in [-0.3, -0.25) is 9.44 Å². The van der Waals surface area contributed by atoms with E-state index < -0.39 is 20.0 Å². The van der Waals surface area contributed by atoms with Gasteiger partial charge in [-0.2, -0.15) is 0 Å². The number of halogens is 1. The zero-order valence-electron chi connectivity index (χ0n) is 15.1. The van der Waals surface area contributed by atoms with Crippen molar-refractivity contribution in [3.05, 3.63) is 51.5 Å². The summed E-state index contributed by atoms with van der Waals surface area (Å²) in [6.07, 6.45) is 1.02. The van der Waals surface area contributed by atoms with Crippen LogP contribution in [0.2, 0.25) is 5.02 Å². The van der Waals surface area contributed by atoms with E-state index in [4.69, 9.17) is 11.6 Å². The van der Waals surface area contributed by atoms with Gasteiger partial charge in [0.25, 0.3) is 10.0 Å². The first-order valence-electron chi connectivity index (χ1n) is 7.70. The van der Waals surface area contributed by atoms with E-state index in [9.17, 15) is 16.8 Å². The van der Waals surface area contributed by atoms with Crippen LogP contribution in [0.4, 0.5) is 11.4 Å². The SMILES string of the molecule is Cc1cc(C)c(S(=O)(=O)Nc2cccc(Cl)c2C)c(C)c1NS(C)(=O)=O. The van der Waals surface area contributed by atoms with Crippen molar-refractivity contribution in [3.63, 3.8) is 0 Å². The molecule has 26 heavy (non-hydrogen) atoms. The van der Waals surface area contributed by atoms with E-state index in [2.05, 4.69) is 9.44 Å². The second kappa shape index (κ2) is 7.09. The summed E-state index contributed by atoms with van der Waals surface area (Å²) in [5.41, 5.74) is 2.74. The standard InChI is InChI=1S/C17H21ClN2O4S2/c1-10-9-11(2)17(13(4)16(10)20-25(5,21)22)26(23,24)19-15-8-6-7-14(18)12(15)3/h6-9,19-20H,1-5H3. The Balaban J connectivity index is 2.63. The first kappa shape index (κ1) is 20.5. The third-order valence-corrected chi connectivity index (χ3v) is 6.61. The molecule has 6 nitrogen and oxygen atoms in total. The second-order valence-electron chi connectivity index (χ2n) is 6.23. The highest BCUT2D eigenvalue weighted by molar-refractivity contribution is 7.93. The van der Waals surface area contributed by atoms with Gasteiger partial charge in [0, 0.05) is 5.02 Å². The fourth-order valence-corrected chi connectivity index (χ4v) is 5.30. The summed E-state index contributed by atoms with van der Waals surface area (Å²) < 4.78 is 54.2. The van der Waals surface area contributed by atoms with E-state index >= 15 is 0 Å². The molecule has 0 aliphatic carbocycles. The Morgan fingerprint density at radius 1 is 0.885 bits per heavy atom. The van der Waals surface area contributed by atoms with E-state index in [0.717, 1.165) is 6.26 Å². The van der Waals surface area contributed by atoms with Crippen molar-refractivity contribution in [1.29, 1.82) is 0 Å². The van der Waals surface area contributed by atoms with Gasteiger partial charge in [0.15, 0.2) is 0 Å². The molecular weight excluding hydrogens is 396 g/mol. The van der Waals surface area contributed by atoms with Crippen molar-refractivity contribution < 1.29 is 16.8 Å². The molecule has 0 aliphatic heterocycles. The van der Waals surface area contributed by atoms with Crippen molar-refractivity contribution in [1.82, 2.24) is 0 Å². The van der Waals surface area contributed by atoms with Crippen LogP contribution >= 0.6 is 11.6 Å². The van der Waals surface area contributed by atoms with E-state index in [-0.39, 0.29) is 10.6 Å². The van der Waals surface area contributed by atoms with Crippen LogP contribution < -0.4 is 9.44 Å². The molecule has 0 aliphatic rings. The normalized spacial score (nSPS) is 12.1. The molecule has 0 saturated heterocycles. The maximum atomic E-state index is 13.0. The third-order valence-electron chi connectivity index (χ3n) is 3.97. The van der Waals surface area contributed by atoms with Gasteiger partial charge in [0.2, 0.25) is 10.0 Å². The Kier molecular flexibility index (Phi) is 5.60. The smallest absolute Gasteiger partial charge is 0.262 e. The molecule has 9 heteroatoms. The molecule has 0 fully saturated rings. The Bertz CT molecular complexity index is 1080. The van der Waals surface area contributed by atoms with Crippen molar-refractivity contribution >= 4 is 43.0 Å². The minimum absolute atomic E-state index is 0.0358. The second-order valence-corrected chi connectivity index (χ2v) is 10.0. The molecule has 0 aromatic heterocycles. The average molecular weight is 417 g/mol. The lowest BCUT2D eigenvalue weighted by Crippen LogP contribution is -2.19. The van der Waals surface area contributed by atoms with Gasteiger partial charge >= 0.3 is 0 Å². The number of hydrogen-bond acceptors (Lipinski definition) is 4. The summed E-state index contributed by atoms with van der Waals surface area (Å²) in [5.74, 6) is 0. The zero-order chi connectivity index (χ0) is 19.9. The molecule has 0 atom stereocenters. The highest BCUT2D eigenvalue weighted by Gasteiger charge is 2.24. The molecule has 0 radical (unpaired) electrons. The Hall–Kier alpha value is -1.77. The van der Waals surface area contributed by atoms with Gasteiger partial charge in [-0.05, 0) is 62.1 Å². The number of rotatable bonds is 5. The van der Waals surface area contributed by atoms with E-state index in [1.54, 1.807) is 52.0 Å². The summed E-state index contributed by atoms with van der Waals surface area (Å²) in [7, 11) is -7.50. The third kappa shape index (κ3) is 4.31. The molecule has 142 valence electrons. The van der Waals surface area contributed by atoms with E-state index in [1.165, 1.54) is 0 Å². The van der Waals surface area contributed by atoms with Gasteiger partial charge in [-0.1, -0.05) is 23.7 Å². The lowest BCUT2D eigenvalue weighted by atomic mass is 10.1. The summed E-state index contributed by atoms with van der Waals surface area (Å²) in [6.45, 7) is 6.68. The monoisotopic (exact) mass is 416 g/mol. The van der Waals surface area contributed by atoms with Gasteiger partial charge in [0.05, 0.1) is 22.5 Å². The fourth-order valence-electron chi connectivity index (χ4n) is 2.84. The number of sulfonamides is 2. The van der Waals surface area contributed by atoms with E-state index in [0.29, 0.717) is 33.0 Å². The quantitative estimate of drug-likeness (QED) is 0.776. The van der Waals surface area contributed by atoms with Crippen LogP contribution in [0.1, 0.15) is 22.3 Å². The molecule has 0 saturated carbocycles. The van der Waals surface area contributed by atoms with Gasteiger partial charge in [-0.15, -0.1) is 0 Å². The summed E-state index contributed by atoms with van der Waals surface area (Å²) in [5, 5.41) is 0.446. The lowest BCUT2D eigenvalue weighted by molar-refractivity contribution is 0.599. The molecule has 2 N–H and O–H groups in total. The number of benzene rings is 2. The molecule has 0 amide bonds. The molecule has 2 rings (SSSR count). The van der Waals surface area contributed by atoms with Crippen LogP contribution in [0.3, 0.4) is 0 Å². The molecule has 2 aromatic rings. The molecule has 0 unspecified atom stereocenters. The van der Waals surface area contributed by atoms with Gasteiger partial charge in [0.1, 0.15) is 0 Å². The number of aryl methyl sites for hydroxylation is 2. The Labute approximate surface area is 159 Å². The summed E-state index contributed by atoms with van der Waals surface area (Å²) >= 11 is 6.06. The first-order chi connectivity index (χ1) is 11.8. The molecule has 0 spiro atoms. The lowest BCUT2D eigenvalue weighted by Gasteiger charge is -2.19. The molecular formula is C17H21ClN2O4S2. The summed E-state index contributed by atoms with van der Waals surface area (Å²) in [4.78, 5) is 0.0358. The van der Waals surface area contributed by atoms with Crippen molar-refractivity contribution in [2.24, 2.45) is 0 Å². The maximum Gasteiger partial charge on any atom is 0.262 e. The fraction of sp³-hybridized carbons (Fsp3) is 0.294. The predicted octanol–water partition coefficient (Wildman–Crippen LogP) is 3.75. The van der Waals surface area contributed by atoms with Crippen LogP contribution in [0.25, 0.3) is 0 Å². The van der Waals surface area contributed by atoms with Crippen LogP contribution in [0.5, 0.6) is 0 Å². The van der Waals surface area contributed by atoms with Crippen LogP contribution in [0.15, 0.2) is 29.2 Å².